The Morgan fingerprint density at radius 2 is 2.16 bits per heavy atom. The first-order valence-corrected chi connectivity index (χ1v) is 9.26. The topological polar surface area (TPSA) is 71.9 Å². The van der Waals surface area contributed by atoms with Gasteiger partial charge in [0.25, 0.3) is 5.91 Å². The van der Waals surface area contributed by atoms with Crippen LogP contribution in [0.15, 0.2) is 24.3 Å². The van der Waals surface area contributed by atoms with Crippen LogP contribution in [0.2, 0.25) is 0 Å². The Hall–Kier alpha value is -2.08. The quantitative estimate of drug-likeness (QED) is 0.658. The predicted molar refractivity (Wildman–Crippen MR) is 98.0 cm³/mol. The number of hydrogen-bond donors (Lipinski definition) is 3. The Kier molecular flexibility index (Phi) is 7.73. The number of carbonyl (C=O) groups is 2. The summed E-state index contributed by atoms with van der Waals surface area (Å²) in [5.74, 6) is -0.116. The van der Waals surface area contributed by atoms with Crippen molar-refractivity contribution in [2.24, 2.45) is 0 Å². The van der Waals surface area contributed by atoms with Gasteiger partial charge in [0.2, 0.25) is 0 Å². The van der Waals surface area contributed by atoms with Crippen LogP contribution in [0.25, 0.3) is 0 Å². The largest absolute Gasteiger partial charge is 0.450 e. The number of anilines is 1. The standard InChI is InChI=1S/C19H29N3O3/c1-3-25-19(24)21-17-10-6-9-16(14-17)18(23)20-11-7-13-22-12-5-4-8-15(22)2/h6,9-10,14-15H,3-5,7-8,11-13H2,1-2H3,(H,20,23)(H,21,24)/p+1/t15-/m1/s1. The minimum atomic E-state index is -0.515. The minimum Gasteiger partial charge on any atom is -0.450 e. The highest BCUT2D eigenvalue weighted by Gasteiger charge is 2.20. The number of rotatable bonds is 7. The lowest BCUT2D eigenvalue weighted by Gasteiger charge is -2.30. The summed E-state index contributed by atoms with van der Waals surface area (Å²) in [6, 6.07) is 7.61. The lowest BCUT2D eigenvalue weighted by Crippen LogP contribution is -3.16. The summed E-state index contributed by atoms with van der Waals surface area (Å²) in [6.45, 7) is 7.39. The number of quaternary nitrogens is 1. The zero-order chi connectivity index (χ0) is 18.1. The van der Waals surface area contributed by atoms with E-state index in [2.05, 4.69) is 17.6 Å². The van der Waals surface area contributed by atoms with Gasteiger partial charge in [-0.05, 0) is 51.3 Å². The highest BCUT2D eigenvalue weighted by Crippen LogP contribution is 2.11. The van der Waals surface area contributed by atoms with Crippen LogP contribution in [0.4, 0.5) is 10.5 Å². The molecule has 6 nitrogen and oxygen atoms in total. The van der Waals surface area contributed by atoms with Crippen LogP contribution in [0, 0.1) is 0 Å². The number of piperidine rings is 1. The van der Waals surface area contributed by atoms with Crippen molar-refractivity contribution in [3.05, 3.63) is 29.8 Å². The van der Waals surface area contributed by atoms with E-state index in [1.54, 1.807) is 36.1 Å². The summed E-state index contributed by atoms with van der Waals surface area (Å²) in [6.07, 6.45) is 4.43. The fourth-order valence-corrected chi connectivity index (χ4v) is 3.27. The van der Waals surface area contributed by atoms with Gasteiger partial charge in [-0.1, -0.05) is 6.07 Å². The highest BCUT2D eigenvalue weighted by molar-refractivity contribution is 5.96. The van der Waals surface area contributed by atoms with E-state index in [0.717, 1.165) is 19.0 Å². The van der Waals surface area contributed by atoms with Gasteiger partial charge in [0, 0.05) is 24.2 Å². The number of nitrogens with one attached hydrogen (secondary N) is 3. The molecule has 1 heterocycles. The number of likely N-dealkylation sites (tertiary alicyclic amines) is 1. The molecular weight excluding hydrogens is 318 g/mol. The Bertz CT molecular complexity index is 577. The molecule has 138 valence electrons. The summed E-state index contributed by atoms with van der Waals surface area (Å²) < 4.78 is 4.84. The molecule has 0 aliphatic carbocycles. The average Bonchev–Trinajstić information content (AvgIpc) is 2.60. The molecule has 6 heteroatoms. The maximum absolute atomic E-state index is 12.3. The first-order valence-electron chi connectivity index (χ1n) is 9.26. The van der Waals surface area contributed by atoms with Crippen LogP contribution in [-0.4, -0.2) is 44.3 Å². The SMILES string of the molecule is CCOC(=O)Nc1cccc(C(=O)NCCC[NH+]2CCCC[C@H]2C)c1. The van der Waals surface area contributed by atoms with Gasteiger partial charge in [-0.3, -0.25) is 10.1 Å². The molecule has 2 atom stereocenters. The molecule has 0 aromatic heterocycles. The zero-order valence-corrected chi connectivity index (χ0v) is 15.3. The number of benzene rings is 1. The fourth-order valence-electron chi connectivity index (χ4n) is 3.27. The highest BCUT2D eigenvalue weighted by atomic mass is 16.5. The fraction of sp³-hybridized carbons (Fsp3) is 0.579. The van der Waals surface area contributed by atoms with E-state index in [0.29, 0.717) is 24.4 Å². The number of carbonyl (C=O) groups excluding carboxylic acids is 2. The van der Waals surface area contributed by atoms with Gasteiger partial charge in [-0.25, -0.2) is 4.79 Å². The van der Waals surface area contributed by atoms with E-state index < -0.39 is 6.09 Å². The lowest BCUT2D eigenvalue weighted by atomic mass is 10.0. The molecule has 1 unspecified atom stereocenters. The number of ether oxygens (including phenoxy) is 1. The van der Waals surface area contributed by atoms with Crippen molar-refractivity contribution < 1.29 is 19.2 Å². The maximum atomic E-state index is 12.3. The number of amides is 2. The van der Waals surface area contributed by atoms with Crippen molar-refractivity contribution in [3.8, 4) is 0 Å². The molecule has 0 bridgehead atoms. The van der Waals surface area contributed by atoms with E-state index >= 15 is 0 Å². The Labute approximate surface area is 149 Å². The molecule has 1 fully saturated rings. The summed E-state index contributed by atoms with van der Waals surface area (Å²) in [7, 11) is 0. The summed E-state index contributed by atoms with van der Waals surface area (Å²) in [4.78, 5) is 25.4. The van der Waals surface area contributed by atoms with Crippen LogP contribution in [0.3, 0.4) is 0 Å². The summed E-state index contributed by atoms with van der Waals surface area (Å²) >= 11 is 0. The second-order valence-corrected chi connectivity index (χ2v) is 6.59. The van der Waals surface area contributed by atoms with Crippen LogP contribution in [0.1, 0.15) is 49.9 Å². The van der Waals surface area contributed by atoms with Gasteiger partial charge < -0.3 is 15.0 Å². The summed E-state index contributed by atoms with van der Waals surface area (Å²) in [5, 5.41) is 5.57. The molecule has 1 aromatic carbocycles. The van der Waals surface area contributed by atoms with Crippen molar-refractivity contribution in [2.75, 3.05) is 31.6 Å². The van der Waals surface area contributed by atoms with Gasteiger partial charge >= 0.3 is 6.09 Å². The molecule has 3 N–H and O–H groups in total. The third-order valence-corrected chi connectivity index (χ3v) is 4.69. The summed E-state index contributed by atoms with van der Waals surface area (Å²) in [5.41, 5.74) is 1.09. The monoisotopic (exact) mass is 348 g/mol. The first-order chi connectivity index (χ1) is 12.1. The van der Waals surface area contributed by atoms with Crippen molar-refractivity contribution in [2.45, 2.75) is 45.6 Å². The van der Waals surface area contributed by atoms with E-state index in [1.165, 1.54) is 25.8 Å². The molecule has 1 aliphatic rings. The van der Waals surface area contributed by atoms with Gasteiger partial charge in [-0.2, -0.15) is 0 Å². The second kappa shape index (κ2) is 10.0. The lowest BCUT2D eigenvalue weighted by molar-refractivity contribution is -0.928. The molecule has 2 rings (SSSR count). The van der Waals surface area contributed by atoms with Crippen LogP contribution in [0.5, 0.6) is 0 Å². The molecule has 2 amide bonds. The van der Waals surface area contributed by atoms with E-state index in [-0.39, 0.29) is 5.91 Å². The molecule has 1 aliphatic heterocycles. The molecule has 25 heavy (non-hydrogen) atoms. The minimum absolute atomic E-state index is 0.116. The second-order valence-electron chi connectivity index (χ2n) is 6.59. The third kappa shape index (κ3) is 6.38. The van der Waals surface area contributed by atoms with Crippen molar-refractivity contribution in [3.63, 3.8) is 0 Å². The average molecular weight is 348 g/mol. The Morgan fingerprint density at radius 1 is 1.32 bits per heavy atom. The van der Waals surface area contributed by atoms with Gasteiger partial charge in [-0.15, -0.1) is 0 Å². The van der Waals surface area contributed by atoms with Gasteiger partial charge in [0.05, 0.1) is 25.7 Å². The maximum Gasteiger partial charge on any atom is 0.411 e. The van der Waals surface area contributed by atoms with Crippen LogP contribution >= 0.6 is 0 Å². The van der Waals surface area contributed by atoms with Crippen molar-refractivity contribution in [1.82, 2.24) is 5.32 Å². The third-order valence-electron chi connectivity index (χ3n) is 4.69. The van der Waals surface area contributed by atoms with E-state index in [4.69, 9.17) is 4.74 Å². The van der Waals surface area contributed by atoms with Gasteiger partial charge in [0.1, 0.15) is 0 Å². The van der Waals surface area contributed by atoms with Crippen LogP contribution in [-0.2, 0) is 4.74 Å². The van der Waals surface area contributed by atoms with Crippen molar-refractivity contribution >= 4 is 17.7 Å². The van der Waals surface area contributed by atoms with Crippen molar-refractivity contribution in [1.29, 1.82) is 0 Å². The molecule has 0 saturated carbocycles. The number of hydrogen-bond acceptors (Lipinski definition) is 3. The first kappa shape index (κ1) is 19.2. The molecule has 1 saturated heterocycles. The van der Waals surface area contributed by atoms with Crippen LogP contribution < -0.4 is 15.5 Å². The molecule has 0 radical (unpaired) electrons. The smallest absolute Gasteiger partial charge is 0.411 e. The zero-order valence-electron chi connectivity index (χ0n) is 15.3. The van der Waals surface area contributed by atoms with Gasteiger partial charge in [0.15, 0.2) is 0 Å². The molecular formula is C19H30N3O3+. The predicted octanol–water partition coefficient (Wildman–Crippen LogP) is 1.83. The Balaban J connectivity index is 1.75. The van der Waals surface area contributed by atoms with E-state index in [1.807, 2.05) is 0 Å². The molecule has 1 aromatic rings. The van der Waals surface area contributed by atoms with E-state index in [9.17, 15) is 9.59 Å². The normalized spacial score (nSPS) is 19.9. The Morgan fingerprint density at radius 3 is 2.92 bits per heavy atom. The molecule has 0 spiro atoms.